The second kappa shape index (κ2) is 7.15. The van der Waals surface area contributed by atoms with E-state index in [1.807, 2.05) is 7.05 Å². The Hall–Kier alpha value is -1.37. The fraction of sp³-hybridized carbons (Fsp3) is 0.533. The van der Waals surface area contributed by atoms with Gasteiger partial charge >= 0.3 is 0 Å². The molecule has 2 N–H and O–H groups in total. The lowest BCUT2D eigenvalue weighted by atomic mass is 9.95. The van der Waals surface area contributed by atoms with E-state index < -0.39 is 0 Å². The first-order chi connectivity index (χ1) is 8.60. The number of nitrogens with two attached hydrogens (primary N) is 1. The van der Waals surface area contributed by atoms with Gasteiger partial charge in [0.05, 0.1) is 6.07 Å². The Morgan fingerprint density at radius 1 is 1.44 bits per heavy atom. The van der Waals surface area contributed by atoms with Crippen LogP contribution in [0.1, 0.15) is 36.9 Å². The van der Waals surface area contributed by atoms with Crippen LogP contribution in [-0.4, -0.2) is 24.5 Å². The first kappa shape index (κ1) is 14.7. The molecule has 0 radical (unpaired) electrons. The van der Waals surface area contributed by atoms with E-state index in [0.29, 0.717) is 6.42 Å². The molecule has 0 aliphatic carbocycles. The lowest BCUT2D eigenvalue weighted by Gasteiger charge is -2.32. The molecule has 18 heavy (non-hydrogen) atoms. The van der Waals surface area contributed by atoms with Crippen molar-refractivity contribution in [2.24, 2.45) is 5.73 Å². The lowest BCUT2D eigenvalue weighted by Crippen LogP contribution is -2.39. The van der Waals surface area contributed by atoms with Gasteiger partial charge in [0.25, 0.3) is 0 Å². The normalized spacial score (nSPS) is 14.2. The van der Waals surface area contributed by atoms with Gasteiger partial charge in [-0.05, 0) is 26.0 Å². The van der Waals surface area contributed by atoms with Crippen molar-refractivity contribution >= 4 is 0 Å². The summed E-state index contributed by atoms with van der Waals surface area (Å²) in [4.78, 5) is 2.19. The van der Waals surface area contributed by atoms with Crippen LogP contribution in [0.25, 0.3) is 0 Å². The minimum atomic E-state index is 0.0930. The van der Waals surface area contributed by atoms with Gasteiger partial charge in [-0.3, -0.25) is 4.90 Å². The molecule has 0 amide bonds. The topological polar surface area (TPSA) is 53.0 Å². The minimum Gasteiger partial charge on any atom is -0.326 e. The standard InChI is InChI=1S/C15H23N3/c1-4-14(17)15(18(3)10-6-9-16)13-8-5-7-12(2)11-13/h5,7-8,11,14-15H,4,6,10,17H2,1-3H3. The maximum atomic E-state index is 8.70. The zero-order valence-electron chi connectivity index (χ0n) is 11.6. The zero-order chi connectivity index (χ0) is 13.5. The van der Waals surface area contributed by atoms with Crippen LogP contribution in [0.5, 0.6) is 0 Å². The van der Waals surface area contributed by atoms with E-state index in [9.17, 15) is 0 Å². The molecule has 3 nitrogen and oxygen atoms in total. The van der Waals surface area contributed by atoms with Crippen molar-refractivity contribution in [2.75, 3.05) is 13.6 Å². The summed E-state index contributed by atoms with van der Waals surface area (Å²) < 4.78 is 0. The highest BCUT2D eigenvalue weighted by atomic mass is 15.1. The summed E-state index contributed by atoms with van der Waals surface area (Å²) in [6.07, 6.45) is 1.46. The molecule has 0 saturated carbocycles. The van der Waals surface area contributed by atoms with Gasteiger partial charge in [0, 0.05) is 25.0 Å². The van der Waals surface area contributed by atoms with Gasteiger partial charge in [0.1, 0.15) is 0 Å². The van der Waals surface area contributed by atoms with Crippen LogP contribution in [0.3, 0.4) is 0 Å². The monoisotopic (exact) mass is 245 g/mol. The molecule has 0 heterocycles. The Balaban J connectivity index is 2.94. The smallest absolute Gasteiger partial charge is 0.0635 e. The van der Waals surface area contributed by atoms with E-state index in [4.69, 9.17) is 11.0 Å². The van der Waals surface area contributed by atoms with E-state index >= 15 is 0 Å². The summed E-state index contributed by atoms with van der Waals surface area (Å²) in [6, 6.07) is 10.9. The SMILES string of the molecule is CCC(N)C(c1cccc(C)c1)N(C)CCC#N. The predicted molar refractivity (Wildman–Crippen MR) is 75.0 cm³/mol. The van der Waals surface area contributed by atoms with E-state index in [2.05, 4.69) is 49.1 Å². The highest BCUT2D eigenvalue weighted by Crippen LogP contribution is 2.24. The highest BCUT2D eigenvalue weighted by Gasteiger charge is 2.22. The van der Waals surface area contributed by atoms with Gasteiger partial charge in [-0.1, -0.05) is 36.8 Å². The average Bonchev–Trinajstić information content (AvgIpc) is 2.36. The lowest BCUT2D eigenvalue weighted by molar-refractivity contribution is 0.214. The van der Waals surface area contributed by atoms with Crippen molar-refractivity contribution in [3.05, 3.63) is 35.4 Å². The van der Waals surface area contributed by atoms with E-state index in [1.54, 1.807) is 0 Å². The zero-order valence-corrected chi connectivity index (χ0v) is 11.6. The summed E-state index contributed by atoms with van der Waals surface area (Å²) in [5.41, 5.74) is 8.73. The number of nitriles is 1. The van der Waals surface area contributed by atoms with Crippen molar-refractivity contribution in [3.63, 3.8) is 0 Å². The van der Waals surface area contributed by atoms with E-state index in [1.165, 1.54) is 11.1 Å². The third-order valence-corrected chi connectivity index (χ3v) is 3.31. The molecular formula is C15H23N3. The molecule has 0 aromatic heterocycles. The molecule has 0 spiro atoms. The maximum Gasteiger partial charge on any atom is 0.0635 e. The Morgan fingerprint density at radius 3 is 2.72 bits per heavy atom. The highest BCUT2D eigenvalue weighted by molar-refractivity contribution is 5.26. The fourth-order valence-corrected chi connectivity index (χ4v) is 2.27. The first-order valence-electron chi connectivity index (χ1n) is 6.49. The second-order valence-electron chi connectivity index (χ2n) is 4.82. The largest absolute Gasteiger partial charge is 0.326 e. The number of aryl methyl sites for hydroxylation is 1. The Kier molecular flexibility index (Phi) is 5.84. The molecule has 98 valence electrons. The summed E-state index contributed by atoms with van der Waals surface area (Å²) in [7, 11) is 2.04. The minimum absolute atomic E-state index is 0.0930. The van der Waals surface area contributed by atoms with Crippen LogP contribution < -0.4 is 5.73 Å². The van der Waals surface area contributed by atoms with Crippen LogP contribution in [0.4, 0.5) is 0 Å². The van der Waals surface area contributed by atoms with Crippen LogP contribution in [0.15, 0.2) is 24.3 Å². The molecule has 1 rings (SSSR count). The first-order valence-corrected chi connectivity index (χ1v) is 6.49. The van der Waals surface area contributed by atoms with Crippen molar-refractivity contribution < 1.29 is 0 Å². The third-order valence-electron chi connectivity index (χ3n) is 3.31. The van der Waals surface area contributed by atoms with Gasteiger partial charge in [-0.25, -0.2) is 0 Å². The van der Waals surface area contributed by atoms with Gasteiger partial charge in [0.2, 0.25) is 0 Å². The summed E-state index contributed by atoms with van der Waals surface area (Å²) in [5.74, 6) is 0. The Bertz CT molecular complexity index is 408. The fourth-order valence-electron chi connectivity index (χ4n) is 2.27. The predicted octanol–water partition coefficient (Wildman–Crippen LogP) is 2.62. The summed E-state index contributed by atoms with van der Waals surface area (Å²) in [5, 5.41) is 8.70. The molecule has 0 aliphatic heterocycles. The molecule has 3 heteroatoms. The van der Waals surface area contributed by atoms with Crippen molar-refractivity contribution in [1.82, 2.24) is 4.90 Å². The van der Waals surface area contributed by atoms with Crippen molar-refractivity contribution in [2.45, 2.75) is 38.8 Å². The molecule has 2 atom stereocenters. The van der Waals surface area contributed by atoms with Crippen molar-refractivity contribution in [1.29, 1.82) is 5.26 Å². The Labute approximate surface area is 110 Å². The van der Waals surface area contributed by atoms with Crippen molar-refractivity contribution in [3.8, 4) is 6.07 Å². The number of rotatable bonds is 6. The molecule has 1 aromatic carbocycles. The van der Waals surface area contributed by atoms with Gasteiger partial charge in [-0.2, -0.15) is 5.26 Å². The molecule has 0 fully saturated rings. The number of hydrogen-bond donors (Lipinski definition) is 1. The summed E-state index contributed by atoms with van der Waals surface area (Å²) >= 11 is 0. The van der Waals surface area contributed by atoms with Crippen LogP contribution >= 0.6 is 0 Å². The molecule has 0 aliphatic rings. The number of likely N-dealkylation sites (N-methyl/N-ethyl adjacent to an activating group) is 1. The van der Waals surface area contributed by atoms with E-state index in [0.717, 1.165) is 13.0 Å². The molecule has 2 unspecified atom stereocenters. The molecule has 1 aromatic rings. The molecular weight excluding hydrogens is 222 g/mol. The Morgan fingerprint density at radius 2 is 2.17 bits per heavy atom. The van der Waals surface area contributed by atoms with E-state index in [-0.39, 0.29) is 12.1 Å². The summed E-state index contributed by atoms with van der Waals surface area (Å²) in [6.45, 7) is 4.95. The van der Waals surface area contributed by atoms with Gasteiger partial charge in [-0.15, -0.1) is 0 Å². The maximum absolute atomic E-state index is 8.70. The quantitative estimate of drug-likeness (QED) is 0.838. The third kappa shape index (κ3) is 3.83. The average molecular weight is 245 g/mol. The van der Waals surface area contributed by atoms with Crippen LogP contribution in [-0.2, 0) is 0 Å². The number of benzene rings is 1. The van der Waals surface area contributed by atoms with Gasteiger partial charge in [0.15, 0.2) is 0 Å². The van der Waals surface area contributed by atoms with Gasteiger partial charge < -0.3 is 5.73 Å². The molecule has 0 saturated heterocycles. The van der Waals surface area contributed by atoms with Crippen LogP contribution in [0.2, 0.25) is 0 Å². The van der Waals surface area contributed by atoms with Crippen LogP contribution in [0, 0.1) is 18.3 Å². The number of nitrogens with zero attached hydrogens (tertiary/aromatic N) is 2. The second-order valence-corrected chi connectivity index (χ2v) is 4.82. The molecule has 0 bridgehead atoms. The number of hydrogen-bond acceptors (Lipinski definition) is 3.